The molecule has 1 saturated heterocycles. The van der Waals surface area contributed by atoms with Gasteiger partial charge in [0.2, 0.25) is 10.0 Å². The van der Waals surface area contributed by atoms with Crippen molar-refractivity contribution in [1.82, 2.24) is 10.0 Å². The summed E-state index contributed by atoms with van der Waals surface area (Å²) in [5.41, 5.74) is 0.383. The highest BCUT2D eigenvalue weighted by molar-refractivity contribution is 7.89. The van der Waals surface area contributed by atoms with E-state index < -0.39 is 10.0 Å². The van der Waals surface area contributed by atoms with Gasteiger partial charge in [-0.1, -0.05) is 20.3 Å². The van der Waals surface area contributed by atoms with Crippen molar-refractivity contribution in [2.24, 2.45) is 5.41 Å². The summed E-state index contributed by atoms with van der Waals surface area (Å²) in [6, 6.07) is 0.554. The Labute approximate surface area is 124 Å². The zero-order valence-electron chi connectivity index (χ0n) is 13.0. The number of nitrogens with one attached hydrogen (secondary N) is 2. The molecule has 1 saturated carbocycles. The zero-order chi connectivity index (χ0) is 14.6. The van der Waals surface area contributed by atoms with Crippen LogP contribution >= 0.6 is 0 Å². The summed E-state index contributed by atoms with van der Waals surface area (Å²) < 4.78 is 27.2. The molecule has 4 nitrogen and oxygen atoms in total. The smallest absolute Gasteiger partial charge is 0.211 e. The maximum Gasteiger partial charge on any atom is 0.211 e. The molecule has 2 N–H and O–H groups in total. The number of rotatable bonds is 5. The molecule has 2 aliphatic rings. The second-order valence-corrected chi connectivity index (χ2v) is 9.18. The van der Waals surface area contributed by atoms with Crippen LogP contribution in [0.4, 0.5) is 0 Å². The van der Waals surface area contributed by atoms with E-state index >= 15 is 0 Å². The zero-order valence-corrected chi connectivity index (χ0v) is 13.8. The molecular formula is C15H30N2O2S. The molecule has 1 aliphatic carbocycles. The standard InChI is InChI=1S/C15H30N2O2S/c1-15(2)9-6-14(7-10-15)17-20(18,19)12-8-13-5-3-4-11-16-13/h13-14,16-17H,3-12H2,1-2H3. The highest BCUT2D eigenvalue weighted by Crippen LogP contribution is 2.35. The van der Waals surface area contributed by atoms with Crippen LogP contribution in [0, 0.1) is 5.41 Å². The summed E-state index contributed by atoms with van der Waals surface area (Å²) in [5.74, 6) is 0.268. The predicted octanol–water partition coefficient (Wildman–Crippen LogP) is 2.41. The van der Waals surface area contributed by atoms with E-state index in [-0.39, 0.29) is 11.8 Å². The molecule has 2 fully saturated rings. The highest BCUT2D eigenvalue weighted by Gasteiger charge is 2.29. The molecule has 1 heterocycles. The molecule has 5 heteroatoms. The molecule has 0 aromatic heterocycles. The first kappa shape index (κ1) is 16.2. The Bertz CT molecular complexity index is 390. The minimum absolute atomic E-state index is 0.160. The Morgan fingerprint density at radius 1 is 1.15 bits per heavy atom. The van der Waals surface area contributed by atoms with Crippen molar-refractivity contribution in [3.63, 3.8) is 0 Å². The van der Waals surface area contributed by atoms with Crippen molar-refractivity contribution < 1.29 is 8.42 Å². The lowest BCUT2D eigenvalue weighted by atomic mass is 9.76. The van der Waals surface area contributed by atoms with Crippen LogP contribution in [0.5, 0.6) is 0 Å². The highest BCUT2D eigenvalue weighted by atomic mass is 32.2. The summed E-state index contributed by atoms with van der Waals surface area (Å²) >= 11 is 0. The fraction of sp³-hybridized carbons (Fsp3) is 1.00. The van der Waals surface area contributed by atoms with Gasteiger partial charge in [0, 0.05) is 12.1 Å². The predicted molar refractivity (Wildman–Crippen MR) is 83.2 cm³/mol. The van der Waals surface area contributed by atoms with Gasteiger partial charge >= 0.3 is 0 Å². The molecule has 1 aliphatic heterocycles. The van der Waals surface area contributed by atoms with Crippen LogP contribution in [-0.2, 0) is 10.0 Å². The van der Waals surface area contributed by atoms with Gasteiger partial charge in [-0.25, -0.2) is 13.1 Å². The Hall–Kier alpha value is -0.130. The van der Waals surface area contributed by atoms with E-state index in [4.69, 9.17) is 0 Å². The van der Waals surface area contributed by atoms with Crippen molar-refractivity contribution in [3.05, 3.63) is 0 Å². The number of hydrogen-bond acceptors (Lipinski definition) is 3. The van der Waals surface area contributed by atoms with Gasteiger partial charge in [-0.05, 0) is 56.9 Å². The summed E-state index contributed by atoms with van der Waals surface area (Å²) in [4.78, 5) is 0. The number of hydrogen-bond donors (Lipinski definition) is 2. The molecule has 20 heavy (non-hydrogen) atoms. The lowest BCUT2D eigenvalue weighted by molar-refractivity contribution is 0.218. The van der Waals surface area contributed by atoms with Gasteiger partial charge in [0.15, 0.2) is 0 Å². The summed E-state index contributed by atoms with van der Waals surface area (Å²) in [5, 5.41) is 3.41. The summed E-state index contributed by atoms with van der Waals surface area (Å²) in [6.45, 7) is 5.58. The Balaban J connectivity index is 1.73. The van der Waals surface area contributed by atoms with Crippen LogP contribution in [0.2, 0.25) is 0 Å². The molecule has 118 valence electrons. The van der Waals surface area contributed by atoms with Crippen molar-refractivity contribution in [2.75, 3.05) is 12.3 Å². The normalized spacial score (nSPS) is 28.4. The average molecular weight is 302 g/mol. The SMILES string of the molecule is CC1(C)CCC(NS(=O)(=O)CCC2CCCCN2)CC1. The first-order valence-corrected chi connectivity index (χ1v) is 9.75. The first-order valence-electron chi connectivity index (χ1n) is 8.10. The molecule has 1 unspecified atom stereocenters. The van der Waals surface area contributed by atoms with E-state index in [0.717, 1.165) is 45.1 Å². The molecular weight excluding hydrogens is 272 g/mol. The quantitative estimate of drug-likeness (QED) is 0.820. The van der Waals surface area contributed by atoms with Crippen molar-refractivity contribution in [2.45, 2.75) is 77.3 Å². The van der Waals surface area contributed by atoms with Crippen LogP contribution < -0.4 is 10.0 Å². The molecule has 2 rings (SSSR count). The average Bonchev–Trinajstić information content (AvgIpc) is 2.40. The van der Waals surface area contributed by atoms with Gasteiger partial charge in [0.05, 0.1) is 5.75 Å². The van der Waals surface area contributed by atoms with Gasteiger partial charge in [-0.3, -0.25) is 0 Å². The Morgan fingerprint density at radius 3 is 2.45 bits per heavy atom. The summed E-state index contributed by atoms with van der Waals surface area (Å²) in [7, 11) is -3.11. The Kier molecular flexibility index (Phi) is 5.49. The minimum atomic E-state index is -3.11. The maximum absolute atomic E-state index is 12.2. The van der Waals surface area contributed by atoms with Gasteiger partial charge in [-0.2, -0.15) is 0 Å². The van der Waals surface area contributed by atoms with E-state index in [9.17, 15) is 8.42 Å². The van der Waals surface area contributed by atoms with E-state index in [1.165, 1.54) is 12.8 Å². The maximum atomic E-state index is 12.2. The minimum Gasteiger partial charge on any atom is -0.314 e. The number of sulfonamides is 1. The van der Waals surface area contributed by atoms with Crippen LogP contribution in [-0.4, -0.2) is 32.8 Å². The van der Waals surface area contributed by atoms with Crippen molar-refractivity contribution >= 4 is 10.0 Å². The number of piperidine rings is 1. The monoisotopic (exact) mass is 302 g/mol. The van der Waals surface area contributed by atoms with Crippen LogP contribution in [0.1, 0.15) is 65.2 Å². The van der Waals surface area contributed by atoms with Crippen LogP contribution in [0.15, 0.2) is 0 Å². The molecule has 0 aromatic carbocycles. The first-order chi connectivity index (χ1) is 9.36. The fourth-order valence-corrected chi connectivity index (χ4v) is 4.75. The third kappa shape index (κ3) is 5.34. The second-order valence-electron chi connectivity index (χ2n) is 7.31. The Morgan fingerprint density at radius 2 is 1.85 bits per heavy atom. The molecule has 1 atom stereocenters. The fourth-order valence-electron chi connectivity index (χ4n) is 3.30. The molecule has 0 spiro atoms. The van der Waals surface area contributed by atoms with Gasteiger partial charge < -0.3 is 5.32 Å². The van der Waals surface area contributed by atoms with Crippen molar-refractivity contribution in [3.8, 4) is 0 Å². The topological polar surface area (TPSA) is 58.2 Å². The van der Waals surface area contributed by atoms with E-state index in [0.29, 0.717) is 11.5 Å². The summed E-state index contributed by atoms with van der Waals surface area (Å²) in [6.07, 6.45) is 8.50. The van der Waals surface area contributed by atoms with Crippen LogP contribution in [0.3, 0.4) is 0 Å². The molecule has 0 aromatic rings. The second kappa shape index (κ2) is 6.75. The molecule has 0 amide bonds. The van der Waals surface area contributed by atoms with Crippen LogP contribution in [0.25, 0.3) is 0 Å². The lowest BCUT2D eigenvalue weighted by Gasteiger charge is -2.34. The third-order valence-electron chi connectivity index (χ3n) is 4.83. The third-order valence-corrected chi connectivity index (χ3v) is 6.30. The molecule has 0 radical (unpaired) electrons. The van der Waals surface area contributed by atoms with Crippen molar-refractivity contribution in [1.29, 1.82) is 0 Å². The van der Waals surface area contributed by atoms with Gasteiger partial charge in [0.25, 0.3) is 0 Å². The lowest BCUT2D eigenvalue weighted by Crippen LogP contribution is -2.42. The van der Waals surface area contributed by atoms with Gasteiger partial charge in [-0.15, -0.1) is 0 Å². The van der Waals surface area contributed by atoms with E-state index in [1.807, 2.05) is 0 Å². The van der Waals surface area contributed by atoms with E-state index in [1.54, 1.807) is 0 Å². The molecule has 0 bridgehead atoms. The van der Waals surface area contributed by atoms with Gasteiger partial charge in [0.1, 0.15) is 0 Å². The largest absolute Gasteiger partial charge is 0.314 e. The van der Waals surface area contributed by atoms with E-state index in [2.05, 4.69) is 23.9 Å².